The first-order valence-corrected chi connectivity index (χ1v) is 11.3. The predicted molar refractivity (Wildman–Crippen MR) is 137 cm³/mol. The van der Waals surface area contributed by atoms with Crippen molar-refractivity contribution in [3.63, 3.8) is 0 Å². The molecule has 0 atom stereocenters. The normalized spacial score (nSPS) is 11.6. The lowest BCUT2D eigenvalue weighted by Gasteiger charge is -2.10. The highest BCUT2D eigenvalue weighted by Gasteiger charge is 2.14. The Morgan fingerprint density at radius 2 is 1.68 bits per heavy atom. The molecular weight excluding hydrogens is 420 g/mol. The Labute approximate surface area is 197 Å². The number of aromatic nitrogens is 5. The largest absolute Gasteiger partial charge is 0.353 e. The van der Waals surface area contributed by atoms with E-state index < -0.39 is 0 Å². The molecule has 0 saturated heterocycles. The SMILES string of the molecule is CN(C)Cc1cncc(-c2ccc3[nH]nc(-c4cc5c(-c6cccnc6)cccc5[nH]4)c3c2)c1. The zero-order valence-corrected chi connectivity index (χ0v) is 19.1. The first-order valence-electron chi connectivity index (χ1n) is 11.3. The van der Waals surface area contributed by atoms with E-state index in [0.717, 1.165) is 62.0 Å². The molecule has 166 valence electrons. The number of fused-ring (bicyclic) bond motifs is 2. The molecule has 0 fully saturated rings. The van der Waals surface area contributed by atoms with Gasteiger partial charge in [-0.3, -0.25) is 15.1 Å². The van der Waals surface area contributed by atoms with Crippen LogP contribution in [0.5, 0.6) is 0 Å². The third-order valence-corrected chi connectivity index (χ3v) is 6.08. The Hall–Kier alpha value is -4.29. The van der Waals surface area contributed by atoms with Gasteiger partial charge in [-0.05, 0) is 67.2 Å². The second kappa shape index (κ2) is 8.24. The van der Waals surface area contributed by atoms with E-state index in [1.807, 2.05) is 24.7 Å². The molecule has 0 bridgehead atoms. The van der Waals surface area contributed by atoms with E-state index in [4.69, 9.17) is 0 Å². The quantitative estimate of drug-likeness (QED) is 0.347. The predicted octanol–water partition coefficient (Wildman–Crippen LogP) is 5.90. The Balaban J connectivity index is 1.45. The van der Waals surface area contributed by atoms with E-state index in [0.29, 0.717) is 0 Å². The fourth-order valence-corrected chi connectivity index (χ4v) is 4.55. The Morgan fingerprint density at radius 3 is 2.53 bits per heavy atom. The van der Waals surface area contributed by atoms with E-state index >= 15 is 0 Å². The summed E-state index contributed by atoms with van der Waals surface area (Å²) in [5, 5.41) is 10.1. The number of aromatic amines is 2. The number of rotatable bonds is 5. The molecule has 4 aromatic heterocycles. The maximum atomic E-state index is 4.66. The summed E-state index contributed by atoms with van der Waals surface area (Å²) in [7, 11) is 4.13. The first-order chi connectivity index (χ1) is 16.7. The van der Waals surface area contributed by atoms with E-state index in [1.165, 1.54) is 5.56 Å². The summed E-state index contributed by atoms with van der Waals surface area (Å²) < 4.78 is 0. The minimum absolute atomic E-state index is 0.856. The molecule has 0 saturated carbocycles. The number of nitrogens with one attached hydrogen (secondary N) is 2. The van der Waals surface area contributed by atoms with E-state index in [2.05, 4.69) is 98.7 Å². The number of benzene rings is 2. The van der Waals surface area contributed by atoms with Crippen LogP contribution in [0.2, 0.25) is 0 Å². The van der Waals surface area contributed by atoms with Gasteiger partial charge in [-0.1, -0.05) is 24.3 Å². The molecule has 6 rings (SSSR count). The highest BCUT2D eigenvalue weighted by atomic mass is 15.1. The Bertz CT molecular complexity index is 1610. The topological polar surface area (TPSA) is 73.5 Å². The van der Waals surface area contributed by atoms with Crippen molar-refractivity contribution in [2.45, 2.75) is 6.54 Å². The molecular formula is C28H24N6. The van der Waals surface area contributed by atoms with E-state index in [-0.39, 0.29) is 0 Å². The van der Waals surface area contributed by atoms with Crippen LogP contribution in [0.15, 0.2) is 85.5 Å². The molecule has 0 spiro atoms. The van der Waals surface area contributed by atoms with Crippen LogP contribution in [0.25, 0.3) is 55.4 Å². The van der Waals surface area contributed by atoms with Gasteiger partial charge < -0.3 is 9.88 Å². The average molecular weight is 445 g/mol. The van der Waals surface area contributed by atoms with Crippen LogP contribution in [0.3, 0.4) is 0 Å². The zero-order chi connectivity index (χ0) is 23.1. The summed E-state index contributed by atoms with van der Waals surface area (Å²) in [6, 6.07) is 21.1. The van der Waals surface area contributed by atoms with Crippen LogP contribution >= 0.6 is 0 Å². The summed E-state index contributed by atoms with van der Waals surface area (Å²) in [6.45, 7) is 0.856. The van der Waals surface area contributed by atoms with Crippen molar-refractivity contribution in [1.29, 1.82) is 0 Å². The highest BCUT2D eigenvalue weighted by Crippen LogP contribution is 2.35. The van der Waals surface area contributed by atoms with Gasteiger partial charge in [0.15, 0.2) is 0 Å². The zero-order valence-electron chi connectivity index (χ0n) is 19.1. The van der Waals surface area contributed by atoms with Crippen LogP contribution in [0.4, 0.5) is 0 Å². The monoisotopic (exact) mass is 444 g/mol. The molecule has 6 aromatic rings. The number of pyridine rings is 2. The third-order valence-electron chi connectivity index (χ3n) is 6.08. The maximum absolute atomic E-state index is 4.66. The number of H-pyrrole nitrogens is 2. The molecule has 6 nitrogen and oxygen atoms in total. The summed E-state index contributed by atoms with van der Waals surface area (Å²) >= 11 is 0. The van der Waals surface area contributed by atoms with E-state index in [1.54, 1.807) is 6.20 Å². The molecule has 0 radical (unpaired) electrons. The molecule has 0 aliphatic heterocycles. The lowest BCUT2D eigenvalue weighted by molar-refractivity contribution is 0.402. The molecule has 34 heavy (non-hydrogen) atoms. The van der Waals surface area contributed by atoms with Crippen molar-refractivity contribution in [1.82, 2.24) is 30.0 Å². The second-order valence-corrected chi connectivity index (χ2v) is 8.84. The molecule has 0 unspecified atom stereocenters. The lowest BCUT2D eigenvalue weighted by Crippen LogP contribution is -2.10. The molecule has 4 heterocycles. The van der Waals surface area contributed by atoms with Crippen LogP contribution in [0.1, 0.15) is 5.56 Å². The third kappa shape index (κ3) is 3.64. The second-order valence-electron chi connectivity index (χ2n) is 8.84. The summed E-state index contributed by atoms with van der Waals surface area (Å²) in [6.07, 6.45) is 7.54. The van der Waals surface area contributed by atoms with Gasteiger partial charge in [-0.25, -0.2) is 0 Å². The van der Waals surface area contributed by atoms with Crippen molar-refractivity contribution in [3.05, 3.63) is 91.0 Å². The summed E-state index contributed by atoms with van der Waals surface area (Å²) in [4.78, 5) is 14.5. The van der Waals surface area contributed by atoms with Crippen molar-refractivity contribution >= 4 is 21.8 Å². The van der Waals surface area contributed by atoms with Crippen LogP contribution < -0.4 is 0 Å². The standard InChI is InChI=1S/C28H24N6/c1-34(2)17-18-11-21(16-30-14-18)19-8-9-26-24(12-19)28(33-32-26)27-13-23-22(6-3-7-25(23)31-27)20-5-4-10-29-15-20/h3-16,31H,17H2,1-2H3,(H,32,33). The van der Waals surface area contributed by atoms with Gasteiger partial charge >= 0.3 is 0 Å². The maximum Gasteiger partial charge on any atom is 0.116 e. The minimum Gasteiger partial charge on any atom is -0.353 e. The average Bonchev–Trinajstić information content (AvgIpc) is 3.48. The van der Waals surface area contributed by atoms with Crippen molar-refractivity contribution in [2.75, 3.05) is 14.1 Å². The van der Waals surface area contributed by atoms with Crippen LogP contribution in [-0.4, -0.2) is 44.1 Å². The van der Waals surface area contributed by atoms with Crippen LogP contribution in [0, 0.1) is 0 Å². The summed E-state index contributed by atoms with van der Waals surface area (Å²) in [5.41, 5.74) is 9.62. The van der Waals surface area contributed by atoms with Crippen molar-refractivity contribution < 1.29 is 0 Å². The molecule has 0 amide bonds. The van der Waals surface area contributed by atoms with Crippen molar-refractivity contribution in [3.8, 4) is 33.6 Å². The summed E-state index contributed by atoms with van der Waals surface area (Å²) in [5.74, 6) is 0. The van der Waals surface area contributed by atoms with Gasteiger partial charge in [0, 0.05) is 58.7 Å². The molecule has 0 aliphatic rings. The van der Waals surface area contributed by atoms with Gasteiger partial charge in [0.25, 0.3) is 0 Å². The van der Waals surface area contributed by atoms with Gasteiger partial charge in [-0.2, -0.15) is 5.10 Å². The Morgan fingerprint density at radius 1 is 0.765 bits per heavy atom. The van der Waals surface area contributed by atoms with Gasteiger partial charge in [0.2, 0.25) is 0 Å². The number of hydrogen-bond acceptors (Lipinski definition) is 4. The molecule has 0 aliphatic carbocycles. The molecule has 2 aromatic carbocycles. The molecule has 2 N–H and O–H groups in total. The fourth-order valence-electron chi connectivity index (χ4n) is 4.55. The van der Waals surface area contributed by atoms with E-state index in [9.17, 15) is 0 Å². The minimum atomic E-state index is 0.856. The highest BCUT2D eigenvalue weighted by molar-refractivity contribution is 6.01. The van der Waals surface area contributed by atoms with Crippen molar-refractivity contribution in [2.24, 2.45) is 0 Å². The van der Waals surface area contributed by atoms with Crippen LogP contribution in [-0.2, 0) is 6.54 Å². The van der Waals surface area contributed by atoms with Gasteiger partial charge in [0.1, 0.15) is 5.69 Å². The Kier molecular flexibility index (Phi) is 4.93. The van der Waals surface area contributed by atoms with Gasteiger partial charge in [-0.15, -0.1) is 0 Å². The van der Waals surface area contributed by atoms with Gasteiger partial charge in [0.05, 0.1) is 11.2 Å². The smallest absolute Gasteiger partial charge is 0.116 e. The lowest BCUT2D eigenvalue weighted by atomic mass is 10.0. The number of nitrogens with zero attached hydrogens (tertiary/aromatic N) is 4. The molecule has 6 heteroatoms. The fraction of sp³-hybridized carbons (Fsp3) is 0.107. The number of hydrogen-bond donors (Lipinski definition) is 2. The first kappa shape index (κ1) is 20.3.